The van der Waals surface area contributed by atoms with E-state index in [0.717, 1.165) is 56.8 Å². The van der Waals surface area contributed by atoms with E-state index in [1.54, 1.807) is 0 Å². The van der Waals surface area contributed by atoms with E-state index in [-0.39, 0.29) is 17.7 Å². The molecule has 7 rings (SSSR count). The molecule has 0 aliphatic carbocycles. The Hall–Kier alpha value is -3.41. The maximum Gasteiger partial charge on any atom is 0.324 e. The van der Waals surface area contributed by atoms with E-state index in [1.807, 2.05) is 31.3 Å². The fraction of sp³-hybridized carbons (Fsp3) is 0.552. The number of nitrogens with zero attached hydrogens (tertiary/aromatic N) is 6. The number of hydrogen-bond donors (Lipinski definition) is 0. The molecule has 11 nitrogen and oxygen atoms in total. The molecule has 0 amide bonds. The molecule has 6 heterocycles. The van der Waals surface area contributed by atoms with Gasteiger partial charge in [0.15, 0.2) is 0 Å². The van der Waals surface area contributed by atoms with Gasteiger partial charge in [0, 0.05) is 67.5 Å². The van der Waals surface area contributed by atoms with Gasteiger partial charge in [-0.1, -0.05) is 5.16 Å². The van der Waals surface area contributed by atoms with Crippen LogP contribution in [0.15, 0.2) is 41.1 Å². The van der Waals surface area contributed by atoms with Crippen molar-refractivity contribution in [1.82, 2.24) is 20.0 Å². The molecule has 0 bridgehead atoms. The maximum atomic E-state index is 6.10. The summed E-state index contributed by atoms with van der Waals surface area (Å²) in [5.74, 6) is 1.94. The Kier molecular flexibility index (Phi) is 6.73. The molecule has 0 atom stereocenters. The summed E-state index contributed by atoms with van der Waals surface area (Å²) in [6.45, 7) is 9.06. The van der Waals surface area contributed by atoms with Crippen molar-refractivity contribution in [1.29, 1.82) is 0 Å². The zero-order valence-electron chi connectivity index (χ0n) is 23.1. The van der Waals surface area contributed by atoms with E-state index >= 15 is 0 Å². The van der Waals surface area contributed by atoms with Gasteiger partial charge in [-0.05, 0) is 51.1 Å². The molecule has 4 aliphatic rings. The topological polar surface area (TPSA) is 98.5 Å². The fourth-order valence-electron chi connectivity index (χ4n) is 5.92. The Labute approximate surface area is 233 Å². The van der Waals surface area contributed by atoms with Gasteiger partial charge in [-0.25, -0.2) is 0 Å². The number of rotatable bonds is 7. The number of benzene rings is 1. The lowest BCUT2D eigenvalue weighted by molar-refractivity contribution is -0.0824. The number of anilines is 2. The highest BCUT2D eigenvalue weighted by Crippen LogP contribution is 2.36. The number of pyridine rings is 1. The summed E-state index contributed by atoms with van der Waals surface area (Å²) in [4.78, 5) is 16.4. The number of ether oxygens (including phenoxy) is 4. The van der Waals surface area contributed by atoms with Crippen molar-refractivity contribution in [3.8, 4) is 22.9 Å². The SMILES string of the molecule is Cc1cc(N2CCC3(CC2)CN(c2nc(-c4cc(OC5COC5)cc(OC5COC5)c4)no2)CCN3C)ccn1. The Morgan fingerprint density at radius 2 is 1.57 bits per heavy atom. The molecule has 3 aromatic rings. The third-order valence-corrected chi connectivity index (χ3v) is 8.58. The van der Waals surface area contributed by atoms with Gasteiger partial charge in [-0.15, -0.1) is 0 Å². The molecule has 4 saturated heterocycles. The van der Waals surface area contributed by atoms with E-state index in [2.05, 4.69) is 44.0 Å². The minimum Gasteiger partial charge on any atom is -0.485 e. The summed E-state index contributed by atoms with van der Waals surface area (Å²) in [5.41, 5.74) is 3.17. The minimum atomic E-state index is 0.0477. The molecule has 1 spiro atoms. The van der Waals surface area contributed by atoms with Gasteiger partial charge < -0.3 is 33.3 Å². The number of piperidine rings is 1. The molecule has 0 saturated carbocycles. The van der Waals surface area contributed by atoms with Crippen LogP contribution in [0.1, 0.15) is 18.5 Å². The summed E-state index contributed by atoms with van der Waals surface area (Å²) in [6, 6.07) is 10.6. The van der Waals surface area contributed by atoms with Gasteiger partial charge in [-0.2, -0.15) is 4.98 Å². The normalized spacial score (nSPS) is 21.8. The number of likely N-dealkylation sites (N-methyl/N-ethyl adjacent to an activating group) is 1. The number of hydrogen-bond acceptors (Lipinski definition) is 11. The van der Waals surface area contributed by atoms with Crippen molar-refractivity contribution in [3.63, 3.8) is 0 Å². The Morgan fingerprint density at radius 1 is 0.875 bits per heavy atom. The van der Waals surface area contributed by atoms with E-state index in [4.69, 9.17) is 28.5 Å². The summed E-state index contributed by atoms with van der Waals surface area (Å²) in [7, 11) is 2.25. The summed E-state index contributed by atoms with van der Waals surface area (Å²) in [6.07, 6.45) is 4.13. The van der Waals surface area contributed by atoms with Crippen LogP contribution in [0.25, 0.3) is 11.4 Å². The molecule has 2 aromatic heterocycles. The lowest BCUT2D eigenvalue weighted by atomic mass is 9.83. The van der Waals surface area contributed by atoms with Gasteiger partial charge >= 0.3 is 6.01 Å². The molecule has 0 unspecified atom stereocenters. The first kappa shape index (κ1) is 25.6. The van der Waals surface area contributed by atoms with Crippen molar-refractivity contribution in [2.24, 2.45) is 0 Å². The van der Waals surface area contributed by atoms with Crippen LogP contribution in [-0.4, -0.2) is 104 Å². The monoisotopic (exact) mass is 548 g/mol. The average molecular weight is 549 g/mol. The van der Waals surface area contributed by atoms with E-state index in [0.29, 0.717) is 49.8 Å². The fourth-order valence-corrected chi connectivity index (χ4v) is 5.92. The first-order valence-corrected chi connectivity index (χ1v) is 14.1. The highest BCUT2D eigenvalue weighted by molar-refractivity contribution is 5.61. The smallest absolute Gasteiger partial charge is 0.324 e. The van der Waals surface area contributed by atoms with Crippen LogP contribution in [-0.2, 0) is 9.47 Å². The molecule has 1 aromatic carbocycles. The zero-order valence-corrected chi connectivity index (χ0v) is 23.1. The van der Waals surface area contributed by atoms with E-state index in [1.165, 1.54) is 5.69 Å². The Balaban J connectivity index is 1.07. The van der Waals surface area contributed by atoms with Crippen molar-refractivity contribution in [2.75, 3.05) is 76.0 Å². The molecular weight excluding hydrogens is 512 g/mol. The van der Waals surface area contributed by atoms with E-state index in [9.17, 15) is 0 Å². The number of aryl methyl sites for hydroxylation is 1. The number of aromatic nitrogens is 3. The molecular formula is C29H36N6O5. The molecule has 0 radical (unpaired) electrons. The van der Waals surface area contributed by atoms with Gasteiger partial charge in [0.05, 0.1) is 26.4 Å². The van der Waals surface area contributed by atoms with Crippen LogP contribution in [0.5, 0.6) is 11.5 Å². The van der Waals surface area contributed by atoms with E-state index < -0.39 is 0 Å². The molecule has 4 aliphatic heterocycles. The third kappa shape index (κ3) is 5.09. The predicted octanol–water partition coefficient (Wildman–Crippen LogP) is 2.79. The van der Waals surface area contributed by atoms with Crippen LogP contribution in [0.2, 0.25) is 0 Å². The Bertz CT molecular complexity index is 1300. The second-order valence-electron chi connectivity index (χ2n) is 11.4. The van der Waals surface area contributed by atoms with Crippen molar-refractivity contribution in [2.45, 2.75) is 37.5 Å². The van der Waals surface area contributed by atoms with Crippen molar-refractivity contribution < 1.29 is 23.5 Å². The minimum absolute atomic E-state index is 0.0477. The number of piperazine rings is 1. The van der Waals surface area contributed by atoms with Crippen LogP contribution in [0.4, 0.5) is 11.7 Å². The van der Waals surface area contributed by atoms with Gasteiger partial charge in [0.2, 0.25) is 5.82 Å². The molecule has 11 heteroatoms. The largest absolute Gasteiger partial charge is 0.485 e. The quantitative estimate of drug-likeness (QED) is 0.436. The molecule has 212 valence electrons. The lowest BCUT2D eigenvalue weighted by Gasteiger charge is -2.53. The second kappa shape index (κ2) is 10.5. The summed E-state index contributed by atoms with van der Waals surface area (Å²) < 4.78 is 28.6. The van der Waals surface area contributed by atoms with Crippen LogP contribution in [0, 0.1) is 6.92 Å². The summed E-state index contributed by atoms with van der Waals surface area (Å²) in [5, 5.41) is 4.37. The lowest BCUT2D eigenvalue weighted by Crippen LogP contribution is -2.64. The maximum absolute atomic E-state index is 6.10. The molecule has 0 N–H and O–H groups in total. The van der Waals surface area contributed by atoms with Crippen LogP contribution in [0.3, 0.4) is 0 Å². The first-order chi connectivity index (χ1) is 19.5. The predicted molar refractivity (Wildman–Crippen MR) is 148 cm³/mol. The van der Waals surface area contributed by atoms with Crippen LogP contribution >= 0.6 is 0 Å². The highest BCUT2D eigenvalue weighted by Gasteiger charge is 2.43. The zero-order chi connectivity index (χ0) is 27.1. The third-order valence-electron chi connectivity index (χ3n) is 8.58. The Morgan fingerprint density at radius 3 is 2.20 bits per heavy atom. The highest BCUT2D eigenvalue weighted by atomic mass is 16.6. The first-order valence-electron chi connectivity index (χ1n) is 14.1. The van der Waals surface area contributed by atoms with Gasteiger partial charge in [0.25, 0.3) is 0 Å². The van der Waals surface area contributed by atoms with Crippen molar-refractivity contribution >= 4 is 11.7 Å². The van der Waals surface area contributed by atoms with Crippen LogP contribution < -0.4 is 19.3 Å². The van der Waals surface area contributed by atoms with Crippen molar-refractivity contribution in [3.05, 3.63) is 42.2 Å². The van der Waals surface area contributed by atoms with Gasteiger partial charge in [0.1, 0.15) is 23.7 Å². The average Bonchev–Trinajstić information content (AvgIpc) is 3.41. The van der Waals surface area contributed by atoms with Gasteiger partial charge in [-0.3, -0.25) is 9.88 Å². The summed E-state index contributed by atoms with van der Waals surface area (Å²) >= 11 is 0. The molecule has 4 fully saturated rings. The second-order valence-corrected chi connectivity index (χ2v) is 11.4. The molecule has 40 heavy (non-hydrogen) atoms. The standard InChI is InChI=1S/C29H36N6O5/c1-20-11-22(3-6-30-20)34-7-4-29(5-8-34)19-35(10-9-33(29)2)28-31-27(32-40-28)21-12-23(38-25-15-36-16-25)14-24(13-21)39-26-17-37-18-26/h3,6,11-14,25-26H,4-5,7-10,15-19H2,1-2H3.